The van der Waals surface area contributed by atoms with Crippen molar-refractivity contribution in [3.05, 3.63) is 47.5 Å². The minimum atomic E-state index is -0.616. The normalized spacial score (nSPS) is 10.2. The van der Waals surface area contributed by atoms with E-state index in [4.69, 9.17) is 0 Å². The number of ketones is 1. The Morgan fingerprint density at radius 1 is 0.889 bits per heavy atom. The van der Waals surface area contributed by atoms with E-state index in [1.165, 1.54) is 24.3 Å². The van der Waals surface area contributed by atoms with Gasteiger partial charge in [-0.1, -0.05) is 12.1 Å². The molecule has 0 bridgehead atoms. The average molecular weight is 246 g/mol. The molecule has 0 fully saturated rings. The van der Waals surface area contributed by atoms with Gasteiger partial charge in [0.05, 0.1) is 5.56 Å². The first-order chi connectivity index (χ1) is 8.49. The molecule has 0 heterocycles. The fourth-order valence-electron chi connectivity index (χ4n) is 1.58. The predicted octanol–water partition coefficient (Wildman–Crippen LogP) is 1.74. The van der Waals surface area contributed by atoms with E-state index in [-0.39, 0.29) is 22.6 Å². The highest BCUT2D eigenvalue weighted by Gasteiger charge is 2.18. The molecule has 0 aliphatic carbocycles. The van der Waals surface area contributed by atoms with Gasteiger partial charge in [0.15, 0.2) is 17.3 Å². The van der Waals surface area contributed by atoms with Crippen molar-refractivity contribution in [1.82, 2.24) is 0 Å². The maximum absolute atomic E-state index is 12.0. The summed E-state index contributed by atoms with van der Waals surface area (Å²) in [6, 6.07) is 7.51. The van der Waals surface area contributed by atoms with Crippen molar-refractivity contribution in [2.75, 3.05) is 0 Å². The summed E-state index contributed by atoms with van der Waals surface area (Å²) in [4.78, 5) is 12.0. The van der Waals surface area contributed by atoms with E-state index >= 15 is 0 Å². The second-order valence-corrected chi connectivity index (χ2v) is 3.74. The lowest BCUT2D eigenvalue weighted by atomic mass is 10.0. The molecule has 4 N–H and O–H groups in total. The van der Waals surface area contributed by atoms with Crippen LogP contribution in [0.2, 0.25) is 0 Å². The molecule has 92 valence electrons. The Kier molecular flexibility index (Phi) is 2.81. The smallest absolute Gasteiger partial charge is 0.197 e. The van der Waals surface area contributed by atoms with Crippen LogP contribution in [-0.2, 0) is 0 Å². The molecule has 0 radical (unpaired) electrons. The zero-order valence-corrected chi connectivity index (χ0v) is 9.16. The van der Waals surface area contributed by atoms with Crippen molar-refractivity contribution in [2.45, 2.75) is 0 Å². The van der Waals surface area contributed by atoms with Crippen molar-refractivity contribution in [3.8, 4) is 23.0 Å². The lowest BCUT2D eigenvalue weighted by molar-refractivity contribution is 0.103. The standard InChI is InChI=1S/C13H10O5/c14-8-3-1-2-7(4-8)12(17)10-5-9(15)6-11(16)13(10)18/h1-6,14-16,18H. The third-order valence-corrected chi connectivity index (χ3v) is 2.43. The van der Waals surface area contributed by atoms with Gasteiger partial charge in [0.2, 0.25) is 0 Å². The molecule has 0 unspecified atom stereocenters. The minimum absolute atomic E-state index is 0.0929. The summed E-state index contributed by atoms with van der Waals surface area (Å²) < 4.78 is 0. The van der Waals surface area contributed by atoms with Crippen LogP contribution in [0.15, 0.2) is 36.4 Å². The van der Waals surface area contributed by atoms with Gasteiger partial charge in [-0.15, -0.1) is 0 Å². The fourth-order valence-corrected chi connectivity index (χ4v) is 1.58. The molecule has 0 saturated carbocycles. The lowest BCUT2D eigenvalue weighted by Crippen LogP contribution is -2.01. The molecule has 0 saturated heterocycles. The van der Waals surface area contributed by atoms with Gasteiger partial charge in [-0.05, 0) is 18.2 Å². The van der Waals surface area contributed by atoms with Crippen LogP contribution in [0, 0.1) is 0 Å². The molecule has 0 aliphatic rings. The summed E-state index contributed by atoms with van der Waals surface area (Å²) in [5.41, 5.74) is -0.103. The van der Waals surface area contributed by atoms with Gasteiger partial charge in [-0.3, -0.25) is 4.79 Å². The summed E-state index contributed by atoms with van der Waals surface area (Å²) in [5.74, 6) is -2.24. The molecule has 0 atom stereocenters. The van der Waals surface area contributed by atoms with Crippen LogP contribution < -0.4 is 0 Å². The molecular weight excluding hydrogens is 236 g/mol. The Hall–Kier alpha value is -2.69. The highest BCUT2D eigenvalue weighted by atomic mass is 16.3. The summed E-state index contributed by atoms with van der Waals surface area (Å²) >= 11 is 0. The second-order valence-electron chi connectivity index (χ2n) is 3.74. The molecule has 0 amide bonds. The van der Waals surface area contributed by atoms with Crippen LogP contribution >= 0.6 is 0 Å². The number of phenolic OH excluding ortho intramolecular Hbond substituents is 4. The topological polar surface area (TPSA) is 98.0 Å². The molecule has 2 aromatic carbocycles. The summed E-state index contributed by atoms with van der Waals surface area (Å²) in [6.45, 7) is 0. The largest absolute Gasteiger partial charge is 0.508 e. The van der Waals surface area contributed by atoms with Crippen molar-refractivity contribution >= 4 is 5.78 Å². The Balaban J connectivity index is 2.53. The fraction of sp³-hybridized carbons (Fsp3) is 0. The van der Waals surface area contributed by atoms with Crippen molar-refractivity contribution in [3.63, 3.8) is 0 Å². The van der Waals surface area contributed by atoms with Gasteiger partial charge in [0, 0.05) is 11.6 Å². The monoisotopic (exact) mass is 246 g/mol. The molecule has 0 aromatic heterocycles. The molecule has 2 rings (SSSR count). The molecular formula is C13H10O5. The van der Waals surface area contributed by atoms with Crippen molar-refractivity contribution in [2.24, 2.45) is 0 Å². The summed E-state index contributed by atoms with van der Waals surface area (Å²) in [7, 11) is 0. The van der Waals surface area contributed by atoms with Crippen LogP contribution in [-0.4, -0.2) is 26.2 Å². The number of benzene rings is 2. The van der Waals surface area contributed by atoms with E-state index in [1.807, 2.05) is 0 Å². The second kappa shape index (κ2) is 4.29. The van der Waals surface area contributed by atoms with Crippen LogP contribution in [0.25, 0.3) is 0 Å². The van der Waals surface area contributed by atoms with Crippen LogP contribution in [0.5, 0.6) is 23.0 Å². The van der Waals surface area contributed by atoms with Crippen LogP contribution in [0.1, 0.15) is 15.9 Å². The Bertz CT molecular complexity index is 619. The van der Waals surface area contributed by atoms with Gasteiger partial charge in [0.25, 0.3) is 0 Å². The number of carbonyl (C=O) groups is 1. The van der Waals surface area contributed by atoms with Gasteiger partial charge in [-0.2, -0.15) is 0 Å². The molecule has 0 aliphatic heterocycles. The minimum Gasteiger partial charge on any atom is -0.508 e. The first-order valence-corrected chi connectivity index (χ1v) is 5.07. The molecule has 5 heteroatoms. The highest BCUT2D eigenvalue weighted by Crippen LogP contribution is 2.34. The van der Waals surface area contributed by atoms with E-state index < -0.39 is 17.3 Å². The van der Waals surface area contributed by atoms with E-state index in [9.17, 15) is 25.2 Å². The zero-order chi connectivity index (χ0) is 13.3. The number of phenols is 4. The first-order valence-electron chi connectivity index (χ1n) is 5.07. The highest BCUT2D eigenvalue weighted by molar-refractivity contribution is 6.11. The van der Waals surface area contributed by atoms with Crippen molar-refractivity contribution < 1.29 is 25.2 Å². The maximum atomic E-state index is 12.0. The quantitative estimate of drug-likeness (QED) is 0.367. The third kappa shape index (κ3) is 2.06. The van der Waals surface area contributed by atoms with Crippen LogP contribution in [0.3, 0.4) is 0 Å². The molecule has 5 nitrogen and oxygen atoms in total. The van der Waals surface area contributed by atoms with E-state index in [0.29, 0.717) is 0 Å². The summed E-state index contributed by atoms with van der Waals surface area (Å²) in [5, 5.41) is 37.5. The van der Waals surface area contributed by atoms with Crippen molar-refractivity contribution in [1.29, 1.82) is 0 Å². The van der Waals surface area contributed by atoms with Crippen LogP contribution in [0.4, 0.5) is 0 Å². The molecule has 18 heavy (non-hydrogen) atoms. The Morgan fingerprint density at radius 2 is 1.61 bits per heavy atom. The van der Waals surface area contributed by atoms with E-state index in [2.05, 4.69) is 0 Å². The molecule has 2 aromatic rings. The predicted molar refractivity (Wildman–Crippen MR) is 63.0 cm³/mol. The average Bonchev–Trinajstić information content (AvgIpc) is 2.33. The number of rotatable bonds is 2. The SMILES string of the molecule is O=C(c1cccc(O)c1)c1cc(O)cc(O)c1O. The zero-order valence-electron chi connectivity index (χ0n) is 9.16. The number of carbonyl (C=O) groups excluding carboxylic acids is 1. The first kappa shape index (κ1) is 11.8. The van der Waals surface area contributed by atoms with E-state index in [0.717, 1.165) is 12.1 Å². The Labute approximate surface area is 102 Å². The van der Waals surface area contributed by atoms with Gasteiger partial charge < -0.3 is 20.4 Å². The maximum Gasteiger partial charge on any atom is 0.197 e. The van der Waals surface area contributed by atoms with Gasteiger partial charge in [0.1, 0.15) is 11.5 Å². The molecule has 0 spiro atoms. The number of hydrogen-bond acceptors (Lipinski definition) is 5. The Morgan fingerprint density at radius 3 is 2.28 bits per heavy atom. The number of hydrogen-bond donors (Lipinski definition) is 4. The van der Waals surface area contributed by atoms with Gasteiger partial charge in [-0.25, -0.2) is 0 Å². The summed E-state index contributed by atoms with van der Waals surface area (Å²) in [6.07, 6.45) is 0. The van der Waals surface area contributed by atoms with Gasteiger partial charge >= 0.3 is 0 Å². The third-order valence-electron chi connectivity index (χ3n) is 2.43. The lowest BCUT2D eigenvalue weighted by Gasteiger charge is -2.06. The number of aromatic hydroxyl groups is 4. The van der Waals surface area contributed by atoms with E-state index in [1.54, 1.807) is 0 Å².